The minimum absolute atomic E-state index is 0.0106. The van der Waals surface area contributed by atoms with Crippen molar-refractivity contribution >= 4 is 11.3 Å². The number of hydrogen-bond acceptors (Lipinski definition) is 4. The molecule has 17 heavy (non-hydrogen) atoms. The van der Waals surface area contributed by atoms with Gasteiger partial charge in [0.15, 0.2) is 0 Å². The highest BCUT2D eigenvalue weighted by Gasteiger charge is 2.21. The lowest BCUT2D eigenvalue weighted by molar-refractivity contribution is 0.131. The van der Waals surface area contributed by atoms with E-state index in [1.54, 1.807) is 6.20 Å². The van der Waals surface area contributed by atoms with Gasteiger partial charge in [-0.15, -0.1) is 11.3 Å². The van der Waals surface area contributed by atoms with Gasteiger partial charge in [-0.3, -0.25) is 0 Å². The third kappa shape index (κ3) is 3.12. The van der Waals surface area contributed by atoms with Crippen molar-refractivity contribution in [3.8, 4) is 0 Å². The number of aliphatic hydroxyl groups is 1. The molecule has 0 fully saturated rings. The van der Waals surface area contributed by atoms with E-state index in [1.165, 1.54) is 16.9 Å². The van der Waals surface area contributed by atoms with Crippen LogP contribution in [0, 0.1) is 0 Å². The molecule has 90 valence electrons. The highest BCUT2D eigenvalue weighted by Crippen LogP contribution is 2.21. The largest absolute Gasteiger partial charge is 0.384 e. The van der Waals surface area contributed by atoms with E-state index in [0.717, 1.165) is 11.4 Å². The summed E-state index contributed by atoms with van der Waals surface area (Å²) in [6.45, 7) is 0. The molecule has 1 aromatic heterocycles. The zero-order chi connectivity index (χ0) is 12.1. The van der Waals surface area contributed by atoms with Crippen LogP contribution in [0.4, 0.5) is 0 Å². The van der Waals surface area contributed by atoms with Gasteiger partial charge in [0.25, 0.3) is 0 Å². The standard InChI is InChI=1S/C13H16N2OS/c1-14-11(9-10-5-3-2-4-6-10)12(16)13-15-7-8-17-13/h2-8,11-12,14,16H,9H2,1H3/t11-,12?/m0/s1. The number of nitrogens with zero attached hydrogens (tertiary/aromatic N) is 1. The average Bonchev–Trinajstić information content (AvgIpc) is 2.90. The van der Waals surface area contributed by atoms with Crippen LogP contribution in [-0.2, 0) is 6.42 Å². The average molecular weight is 248 g/mol. The van der Waals surface area contributed by atoms with Crippen LogP contribution in [0.15, 0.2) is 41.9 Å². The molecule has 1 heterocycles. The SMILES string of the molecule is CN[C@@H](Cc1ccccc1)C(O)c1nccs1. The summed E-state index contributed by atoms with van der Waals surface area (Å²) < 4.78 is 0. The molecule has 2 atom stereocenters. The van der Waals surface area contributed by atoms with E-state index in [1.807, 2.05) is 30.6 Å². The molecule has 0 aliphatic heterocycles. The number of thiazole rings is 1. The van der Waals surface area contributed by atoms with Crippen molar-refractivity contribution in [1.82, 2.24) is 10.3 Å². The van der Waals surface area contributed by atoms with Crippen molar-refractivity contribution in [1.29, 1.82) is 0 Å². The first kappa shape index (κ1) is 12.2. The predicted molar refractivity (Wildman–Crippen MR) is 70.1 cm³/mol. The molecule has 0 spiro atoms. The Morgan fingerprint density at radius 2 is 2.12 bits per heavy atom. The monoisotopic (exact) mass is 248 g/mol. The number of aromatic nitrogens is 1. The summed E-state index contributed by atoms with van der Waals surface area (Å²) in [6, 6.07) is 10.1. The molecule has 2 rings (SSSR count). The van der Waals surface area contributed by atoms with Crippen molar-refractivity contribution in [3.05, 3.63) is 52.5 Å². The van der Waals surface area contributed by atoms with E-state index >= 15 is 0 Å². The Bertz CT molecular complexity index is 430. The number of aliphatic hydroxyl groups excluding tert-OH is 1. The summed E-state index contributed by atoms with van der Waals surface area (Å²) in [5, 5.41) is 16.0. The van der Waals surface area contributed by atoms with E-state index < -0.39 is 6.10 Å². The summed E-state index contributed by atoms with van der Waals surface area (Å²) in [4.78, 5) is 4.16. The molecule has 0 amide bonds. The van der Waals surface area contributed by atoms with Crippen molar-refractivity contribution < 1.29 is 5.11 Å². The van der Waals surface area contributed by atoms with Gasteiger partial charge in [0.2, 0.25) is 0 Å². The summed E-state index contributed by atoms with van der Waals surface area (Å²) in [5.41, 5.74) is 1.21. The first-order valence-corrected chi connectivity index (χ1v) is 6.48. The Morgan fingerprint density at radius 3 is 2.71 bits per heavy atom. The summed E-state index contributed by atoms with van der Waals surface area (Å²) in [5.74, 6) is 0. The molecule has 2 aromatic rings. The van der Waals surface area contributed by atoms with Crippen LogP contribution in [-0.4, -0.2) is 23.2 Å². The van der Waals surface area contributed by atoms with Crippen molar-refractivity contribution in [2.45, 2.75) is 18.6 Å². The van der Waals surface area contributed by atoms with Crippen LogP contribution < -0.4 is 5.32 Å². The number of benzene rings is 1. The van der Waals surface area contributed by atoms with Gasteiger partial charge in [-0.25, -0.2) is 4.98 Å². The van der Waals surface area contributed by atoms with E-state index in [9.17, 15) is 5.11 Å². The van der Waals surface area contributed by atoms with Crippen LogP contribution >= 0.6 is 11.3 Å². The van der Waals surface area contributed by atoms with Crippen LogP contribution in [0.1, 0.15) is 16.7 Å². The quantitative estimate of drug-likeness (QED) is 0.850. The normalized spacial score (nSPS) is 14.5. The fourth-order valence-electron chi connectivity index (χ4n) is 1.79. The van der Waals surface area contributed by atoms with Crippen LogP contribution in [0.5, 0.6) is 0 Å². The second kappa shape index (κ2) is 5.91. The lowest BCUT2D eigenvalue weighted by Gasteiger charge is -2.20. The third-order valence-electron chi connectivity index (χ3n) is 2.75. The molecule has 2 N–H and O–H groups in total. The number of rotatable bonds is 5. The molecule has 0 aliphatic carbocycles. The van der Waals surface area contributed by atoms with E-state index in [4.69, 9.17) is 0 Å². The van der Waals surface area contributed by atoms with Crippen molar-refractivity contribution in [3.63, 3.8) is 0 Å². The lowest BCUT2D eigenvalue weighted by atomic mass is 10.0. The Morgan fingerprint density at radius 1 is 1.35 bits per heavy atom. The molecule has 4 heteroatoms. The molecule has 0 saturated carbocycles. The van der Waals surface area contributed by atoms with E-state index in [-0.39, 0.29) is 6.04 Å². The van der Waals surface area contributed by atoms with Gasteiger partial charge in [-0.2, -0.15) is 0 Å². The van der Waals surface area contributed by atoms with Gasteiger partial charge in [-0.05, 0) is 19.0 Å². The fraction of sp³-hybridized carbons (Fsp3) is 0.308. The molecular weight excluding hydrogens is 232 g/mol. The Labute approximate surface area is 105 Å². The van der Waals surface area contributed by atoms with Gasteiger partial charge in [0, 0.05) is 17.6 Å². The minimum Gasteiger partial charge on any atom is -0.384 e. The minimum atomic E-state index is -0.555. The molecule has 3 nitrogen and oxygen atoms in total. The van der Waals surface area contributed by atoms with Crippen LogP contribution in [0.2, 0.25) is 0 Å². The number of hydrogen-bond donors (Lipinski definition) is 2. The second-order valence-corrected chi connectivity index (χ2v) is 4.83. The Balaban J connectivity index is 2.07. The first-order chi connectivity index (χ1) is 8.31. The highest BCUT2D eigenvalue weighted by atomic mass is 32.1. The van der Waals surface area contributed by atoms with E-state index in [2.05, 4.69) is 22.4 Å². The summed E-state index contributed by atoms with van der Waals surface area (Å²) in [6.07, 6.45) is 1.96. The molecule has 0 radical (unpaired) electrons. The van der Waals surface area contributed by atoms with Gasteiger partial charge in [-0.1, -0.05) is 30.3 Å². The number of nitrogens with one attached hydrogen (secondary N) is 1. The zero-order valence-corrected chi connectivity index (χ0v) is 10.5. The summed E-state index contributed by atoms with van der Waals surface area (Å²) in [7, 11) is 1.87. The smallest absolute Gasteiger partial charge is 0.123 e. The van der Waals surface area contributed by atoms with Crippen molar-refractivity contribution in [2.24, 2.45) is 0 Å². The second-order valence-electron chi connectivity index (χ2n) is 3.90. The fourth-order valence-corrected chi connectivity index (χ4v) is 2.48. The lowest BCUT2D eigenvalue weighted by Crippen LogP contribution is -2.34. The highest BCUT2D eigenvalue weighted by molar-refractivity contribution is 7.09. The molecule has 1 unspecified atom stereocenters. The van der Waals surface area contributed by atoms with Gasteiger partial charge >= 0.3 is 0 Å². The summed E-state index contributed by atoms with van der Waals surface area (Å²) >= 11 is 1.48. The van der Waals surface area contributed by atoms with E-state index in [0.29, 0.717) is 0 Å². The number of likely N-dealkylation sites (N-methyl/N-ethyl adjacent to an activating group) is 1. The molecule has 0 aliphatic rings. The van der Waals surface area contributed by atoms with Gasteiger partial charge in [0.05, 0.1) is 0 Å². The predicted octanol–water partition coefficient (Wildman–Crippen LogP) is 2.01. The first-order valence-electron chi connectivity index (χ1n) is 5.60. The van der Waals surface area contributed by atoms with Gasteiger partial charge in [0.1, 0.15) is 11.1 Å². The molecular formula is C13H16N2OS. The Kier molecular flexibility index (Phi) is 4.25. The topological polar surface area (TPSA) is 45.1 Å². The molecule has 1 aromatic carbocycles. The maximum Gasteiger partial charge on any atom is 0.123 e. The van der Waals surface area contributed by atoms with Crippen LogP contribution in [0.3, 0.4) is 0 Å². The van der Waals surface area contributed by atoms with Gasteiger partial charge < -0.3 is 10.4 Å². The van der Waals surface area contributed by atoms with Crippen molar-refractivity contribution in [2.75, 3.05) is 7.05 Å². The molecule has 0 saturated heterocycles. The zero-order valence-electron chi connectivity index (χ0n) is 9.71. The maximum atomic E-state index is 10.2. The molecule has 0 bridgehead atoms. The third-order valence-corrected chi connectivity index (χ3v) is 3.60. The van der Waals surface area contributed by atoms with Crippen LogP contribution in [0.25, 0.3) is 0 Å². The maximum absolute atomic E-state index is 10.2. The Hall–Kier alpha value is -1.23.